The fraction of sp³-hybridized carbons (Fsp3) is 0.727. The number of carbonyl (C=O) groups excluding carboxylic acids is 2. The zero-order valence-electron chi connectivity index (χ0n) is 10.4. The van der Waals surface area contributed by atoms with E-state index in [1.54, 1.807) is 6.92 Å². The summed E-state index contributed by atoms with van der Waals surface area (Å²) in [5, 5.41) is 11.3. The molecule has 1 fully saturated rings. The average Bonchev–Trinajstić information content (AvgIpc) is 2.76. The number of urea groups is 1. The maximum absolute atomic E-state index is 11.9. The number of carbonyl (C=O) groups is 3. The van der Waals surface area contributed by atoms with E-state index >= 15 is 0 Å². The number of rotatable bonds is 5. The van der Waals surface area contributed by atoms with Gasteiger partial charge in [-0.2, -0.15) is 0 Å². The number of hydrogen-bond acceptors (Lipinski definition) is 3. The Hall–Kier alpha value is -1.79. The molecule has 1 saturated heterocycles. The van der Waals surface area contributed by atoms with Crippen LogP contribution in [0.25, 0.3) is 0 Å². The molecule has 1 aliphatic heterocycles. The van der Waals surface area contributed by atoms with Gasteiger partial charge in [-0.05, 0) is 19.3 Å². The van der Waals surface area contributed by atoms with Gasteiger partial charge in [0.25, 0.3) is 0 Å². The van der Waals surface area contributed by atoms with Gasteiger partial charge in [0.1, 0.15) is 6.04 Å². The highest BCUT2D eigenvalue weighted by molar-refractivity contribution is 5.86. The monoisotopic (exact) mass is 257 g/mol. The summed E-state index contributed by atoms with van der Waals surface area (Å²) in [5.74, 6) is -1.48. The Labute approximate surface area is 105 Å². The summed E-state index contributed by atoms with van der Waals surface area (Å²) >= 11 is 0. The lowest BCUT2D eigenvalue weighted by Crippen LogP contribution is -2.50. The summed E-state index contributed by atoms with van der Waals surface area (Å²) in [6, 6.07) is -1.42. The number of aliphatic carboxylic acids is 1. The lowest BCUT2D eigenvalue weighted by atomic mass is 10.1. The molecule has 18 heavy (non-hydrogen) atoms. The van der Waals surface area contributed by atoms with E-state index < -0.39 is 30.0 Å². The van der Waals surface area contributed by atoms with Gasteiger partial charge >= 0.3 is 12.0 Å². The SMILES string of the molecule is CCC(CC(=O)O)NC(=O)N1CCCC1C(N)=O. The second-order valence-electron chi connectivity index (χ2n) is 4.41. The summed E-state index contributed by atoms with van der Waals surface area (Å²) in [5.41, 5.74) is 5.22. The van der Waals surface area contributed by atoms with Crippen LogP contribution in [-0.2, 0) is 9.59 Å². The van der Waals surface area contributed by atoms with Gasteiger partial charge in [0.2, 0.25) is 5.91 Å². The number of nitrogens with one attached hydrogen (secondary N) is 1. The molecule has 0 saturated carbocycles. The second-order valence-corrected chi connectivity index (χ2v) is 4.41. The Morgan fingerprint density at radius 3 is 2.67 bits per heavy atom. The zero-order chi connectivity index (χ0) is 13.7. The molecule has 0 aromatic carbocycles. The predicted octanol–water partition coefficient (Wildman–Crippen LogP) is -0.101. The Balaban J connectivity index is 2.58. The number of primary amides is 1. The largest absolute Gasteiger partial charge is 0.481 e. The van der Waals surface area contributed by atoms with Gasteiger partial charge in [-0.15, -0.1) is 0 Å². The molecule has 4 N–H and O–H groups in total. The van der Waals surface area contributed by atoms with Crippen LogP contribution >= 0.6 is 0 Å². The smallest absolute Gasteiger partial charge is 0.318 e. The van der Waals surface area contributed by atoms with E-state index in [2.05, 4.69) is 5.32 Å². The lowest BCUT2D eigenvalue weighted by Gasteiger charge is -2.25. The summed E-state index contributed by atoms with van der Waals surface area (Å²) in [6.45, 7) is 2.27. The molecular formula is C11H19N3O4. The first kappa shape index (κ1) is 14.3. The van der Waals surface area contributed by atoms with Gasteiger partial charge in [0.15, 0.2) is 0 Å². The third-order valence-corrected chi connectivity index (χ3v) is 3.08. The van der Waals surface area contributed by atoms with Crippen molar-refractivity contribution in [3.8, 4) is 0 Å². The highest BCUT2D eigenvalue weighted by Gasteiger charge is 2.33. The van der Waals surface area contributed by atoms with Crippen molar-refractivity contribution < 1.29 is 19.5 Å². The molecular weight excluding hydrogens is 238 g/mol. The van der Waals surface area contributed by atoms with Crippen LogP contribution in [0.15, 0.2) is 0 Å². The first-order chi connectivity index (χ1) is 8.45. The van der Waals surface area contributed by atoms with Crippen LogP contribution in [0.3, 0.4) is 0 Å². The predicted molar refractivity (Wildman–Crippen MR) is 63.8 cm³/mol. The highest BCUT2D eigenvalue weighted by atomic mass is 16.4. The third kappa shape index (κ3) is 3.61. The van der Waals surface area contributed by atoms with Gasteiger partial charge in [0, 0.05) is 12.6 Å². The van der Waals surface area contributed by atoms with Gasteiger partial charge in [0.05, 0.1) is 6.42 Å². The molecule has 0 spiro atoms. The second kappa shape index (κ2) is 6.23. The van der Waals surface area contributed by atoms with Crippen LogP contribution < -0.4 is 11.1 Å². The normalized spacial score (nSPS) is 20.5. The van der Waals surface area contributed by atoms with Crippen LogP contribution in [0.4, 0.5) is 4.79 Å². The number of carboxylic acids is 1. The Bertz CT molecular complexity index is 345. The standard InChI is InChI=1S/C11H19N3O4/c1-2-7(6-9(15)16)13-11(18)14-5-3-4-8(14)10(12)17/h7-8H,2-6H2,1H3,(H2,12,17)(H,13,18)(H,15,16). The van der Waals surface area contributed by atoms with Crippen molar-refractivity contribution in [2.45, 2.75) is 44.7 Å². The summed E-state index contributed by atoms with van der Waals surface area (Å²) in [7, 11) is 0. The molecule has 0 bridgehead atoms. The lowest BCUT2D eigenvalue weighted by molar-refractivity contribution is -0.137. The van der Waals surface area contributed by atoms with Crippen molar-refractivity contribution in [2.24, 2.45) is 5.73 Å². The number of nitrogens with zero attached hydrogens (tertiary/aromatic N) is 1. The number of likely N-dealkylation sites (tertiary alicyclic amines) is 1. The highest BCUT2D eigenvalue weighted by Crippen LogP contribution is 2.17. The minimum atomic E-state index is -0.963. The third-order valence-electron chi connectivity index (χ3n) is 3.08. The molecule has 0 aliphatic carbocycles. The summed E-state index contributed by atoms with van der Waals surface area (Å²) in [4.78, 5) is 35.1. The van der Waals surface area contributed by atoms with Crippen LogP contribution in [0.2, 0.25) is 0 Å². The van der Waals surface area contributed by atoms with Gasteiger partial charge in [-0.3, -0.25) is 9.59 Å². The maximum Gasteiger partial charge on any atom is 0.318 e. The van der Waals surface area contributed by atoms with Crippen LogP contribution in [-0.4, -0.2) is 46.5 Å². The van der Waals surface area contributed by atoms with Crippen molar-refractivity contribution in [3.05, 3.63) is 0 Å². The van der Waals surface area contributed by atoms with E-state index in [-0.39, 0.29) is 6.42 Å². The summed E-state index contributed by atoms with van der Waals surface area (Å²) in [6.07, 6.45) is 1.69. The van der Waals surface area contributed by atoms with Crippen molar-refractivity contribution in [1.29, 1.82) is 0 Å². The van der Waals surface area contributed by atoms with Gasteiger partial charge < -0.3 is 21.1 Å². The molecule has 0 aromatic rings. The van der Waals surface area contributed by atoms with E-state index in [0.717, 1.165) is 6.42 Å². The Kier molecular flexibility index (Phi) is 4.94. The van der Waals surface area contributed by atoms with E-state index in [9.17, 15) is 14.4 Å². The number of nitrogens with two attached hydrogens (primary N) is 1. The summed E-state index contributed by atoms with van der Waals surface area (Å²) < 4.78 is 0. The molecule has 7 heteroatoms. The molecule has 7 nitrogen and oxygen atoms in total. The van der Waals surface area contributed by atoms with Crippen molar-refractivity contribution in [2.75, 3.05) is 6.54 Å². The Morgan fingerprint density at radius 2 is 2.17 bits per heavy atom. The molecule has 2 unspecified atom stereocenters. The number of carboxylic acid groups (broad SMARTS) is 1. The molecule has 2 atom stereocenters. The van der Waals surface area contributed by atoms with E-state index in [1.807, 2.05) is 0 Å². The van der Waals surface area contributed by atoms with Crippen LogP contribution in [0.1, 0.15) is 32.6 Å². The quantitative estimate of drug-likeness (QED) is 0.638. The molecule has 0 aromatic heterocycles. The molecule has 1 aliphatic rings. The topological polar surface area (TPSA) is 113 Å². The van der Waals surface area contributed by atoms with E-state index in [4.69, 9.17) is 10.8 Å². The average molecular weight is 257 g/mol. The number of hydrogen-bond donors (Lipinski definition) is 3. The fourth-order valence-corrected chi connectivity index (χ4v) is 2.07. The molecule has 1 heterocycles. The maximum atomic E-state index is 11.9. The number of amides is 3. The first-order valence-corrected chi connectivity index (χ1v) is 6.04. The molecule has 3 amide bonds. The minimum Gasteiger partial charge on any atom is -0.481 e. The van der Waals surface area contributed by atoms with Crippen molar-refractivity contribution in [1.82, 2.24) is 10.2 Å². The fourth-order valence-electron chi connectivity index (χ4n) is 2.07. The van der Waals surface area contributed by atoms with Crippen molar-refractivity contribution in [3.63, 3.8) is 0 Å². The zero-order valence-corrected chi connectivity index (χ0v) is 10.4. The van der Waals surface area contributed by atoms with Crippen LogP contribution in [0, 0.1) is 0 Å². The van der Waals surface area contributed by atoms with E-state index in [0.29, 0.717) is 19.4 Å². The Morgan fingerprint density at radius 1 is 1.50 bits per heavy atom. The van der Waals surface area contributed by atoms with Gasteiger partial charge in [-0.1, -0.05) is 6.92 Å². The first-order valence-electron chi connectivity index (χ1n) is 6.04. The van der Waals surface area contributed by atoms with Gasteiger partial charge in [-0.25, -0.2) is 4.79 Å². The van der Waals surface area contributed by atoms with Crippen molar-refractivity contribution >= 4 is 17.9 Å². The molecule has 0 radical (unpaired) electrons. The minimum absolute atomic E-state index is 0.128. The molecule has 1 rings (SSSR count). The molecule has 102 valence electrons. The van der Waals surface area contributed by atoms with E-state index in [1.165, 1.54) is 4.90 Å². The van der Waals surface area contributed by atoms with Crippen LogP contribution in [0.5, 0.6) is 0 Å².